The maximum absolute atomic E-state index is 12.5. The number of carboxylic acids is 1. The molecular formula is C19H28N4O6. The molecule has 0 aliphatic heterocycles. The summed E-state index contributed by atoms with van der Waals surface area (Å²) in [5.41, 5.74) is 11.7. The Morgan fingerprint density at radius 1 is 1.03 bits per heavy atom. The molecule has 3 amide bonds. The smallest absolute Gasteiger partial charge is 0.326 e. The molecular weight excluding hydrogens is 380 g/mol. The third-order valence-electron chi connectivity index (χ3n) is 4.27. The Bertz CT molecular complexity index is 735. The molecule has 0 saturated carbocycles. The SMILES string of the molecule is CC(C)[C@H](NC(=O)[C@H](CCC(N)=O)NC(=O)[C@@H](N)Cc1ccc(O)cc1)C(=O)O. The molecule has 29 heavy (non-hydrogen) atoms. The lowest BCUT2D eigenvalue weighted by atomic mass is 10.0. The summed E-state index contributed by atoms with van der Waals surface area (Å²) in [6.45, 7) is 3.26. The number of nitrogens with two attached hydrogens (primary N) is 2. The monoisotopic (exact) mass is 408 g/mol. The second-order valence-corrected chi connectivity index (χ2v) is 7.11. The Hall–Kier alpha value is -3.14. The molecule has 1 aromatic rings. The molecule has 0 aliphatic rings. The van der Waals surface area contributed by atoms with Gasteiger partial charge < -0.3 is 32.3 Å². The minimum atomic E-state index is -1.21. The van der Waals surface area contributed by atoms with Crippen molar-refractivity contribution in [2.24, 2.45) is 17.4 Å². The van der Waals surface area contributed by atoms with Crippen LogP contribution in [-0.2, 0) is 25.6 Å². The summed E-state index contributed by atoms with van der Waals surface area (Å²) in [6.07, 6.45) is -0.117. The van der Waals surface area contributed by atoms with Crippen molar-refractivity contribution < 1.29 is 29.4 Å². The number of hydrogen-bond donors (Lipinski definition) is 6. The van der Waals surface area contributed by atoms with Gasteiger partial charge in [0.05, 0.1) is 6.04 Å². The van der Waals surface area contributed by atoms with Crippen molar-refractivity contribution in [2.75, 3.05) is 0 Å². The zero-order valence-corrected chi connectivity index (χ0v) is 16.4. The van der Waals surface area contributed by atoms with Gasteiger partial charge in [-0.25, -0.2) is 4.79 Å². The lowest BCUT2D eigenvalue weighted by Crippen LogP contribution is -2.55. The molecule has 0 fully saturated rings. The number of aliphatic carboxylic acids is 1. The highest BCUT2D eigenvalue weighted by atomic mass is 16.4. The van der Waals surface area contributed by atoms with E-state index in [4.69, 9.17) is 11.5 Å². The number of phenols is 1. The fourth-order valence-electron chi connectivity index (χ4n) is 2.58. The van der Waals surface area contributed by atoms with E-state index < -0.39 is 41.8 Å². The van der Waals surface area contributed by atoms with Crippen LogP contribution in [0.4, 0.5) is 0 Å². The lowest BCUT2D eigenvalue weighted by Gasteiger charge is -2.24. The number of primary amides is 1. The highest BCUT2D eigenvalue weighted by molar-refractivity contribution is 5.92. The number of hydrogen-bond acceptors (Lipinski definition) is 6. The van der Waals surface area contributed by atoms with Crippen molar-refractivity contribution in [2.45, 2.75) is 51.2 Å². The number of carbonyl (C=O) groups is 4. The molecule has 160 valence electrons. The molecule has 0 spiro atoms. The van der Waals surface area contributed by atoms with Gasteiger partial charge in [-0.1, -0.05) is 26.0 Å². The van der Waals surface area contributed by atoms with E-state index in [0.717, 1.165) is 0 Å². The van der Waals surface area contributed by atoms with E-state index in [0.29, 0.717) is 5.56 Å². The molecule has 3 atom stereocenters. The summed E-state index contributed by atoms with van der Waals surface area (Å²) >= 11 is 0. The predicted octanol–water partition coefficient (Wildman–Crippen LogP) is -0.762. The van der Waals surface area contributed by atoms with E-state index in [1.807, 2.05) is 0 Å². The molecule has 8 N–H and O–H groups in total. The summed E-state index contributed by atoms with van der Waals surface area (Å²) in [7, 11) is 0. The van der Waals surface area contributed by atoms with Gasteiger partial charge in [0.15, 0.2) is 0 Å². The van der Waals surface area contributed by atoms with Crippen LogP contribution in [0.3, 0.4) is 0 Å². The van der Waals surface area contributed by atoms with Gasteiger partial charge in [0.25, 0.3) is 0 Å². The summed E-state index contributed by atoms with van der Waals surface area (Å²) in [4.78, 5) is 47.3. The first-order chi connectivity index (χ1) is 13.5. The van der Waals surface area contributed by atoms with Crippen molar-refractivity contribution in [3.05, 3.63) is 29.8 Å². The van der Waals surface area contributed by atoms with Crippen LogP contribution in [0.15, 0.2) is 24.3 Å². The van der Waals surface area contributed by atoms with Crippen LogP contribution in [0.1, 0.15) is 32.3 Å². The summed E-state index contributed by atoms with van der Waals surface area (Å²) < 4.78 is 0. The fourth-order valence-corrected chi connectivity index (χ4v) is 2.58. The van der Waals surface area contributed by atoms with Gasteiger partial charge in [-0.2, -0.15) is 0 Å². The number of phenolic OH excluding ortho intramolecular Hbond substituents is 1. The number of nitrogens with one attached hydrogen (secondary N) is 2. The first kappa shape index (κ1) is 23.9. The predicted molar refractivity (Wildman–Crippen MR) is 105 cm³/mol. The van der Waals surface area contributed by atoms with Crippen molar-refractivity contribution in [1.82, 2.24) is 10.6 Å². The van der Waals surface area contributed by atoms with Crippen LogP contribution in [0.2, 0.25) is 0 Å². The molecule has 0 unspecified atom stereocenters. The Kier molecular flexibility index (Phi) is 9.07. The van der Waals surface area contributed by atoms with Gasteiger partial charge in [0.1, 0.15) is 17.8 Å². The minimum absolute atomic E-state index is 0.0769. The van der Waals surface area contributed by atoms with Crippen LogP contribution >= 0.6 is 0 Å². The topological polar surface area (TPSA) is 185 Å². The Labute approximate surface area is 168 Å². The average Bonchev–Trinajstić information content (AvgIpc) is 2.63. The molecule has 0 heterocycles. The fraction of sp³-hybridized carbons (Fsp3) is 0.474. The third-order valence-corrected chi connectivity index (χ3v) is 4.27. The van der Waals surface area contributed by atoms with Crippen LogP contribution in [0.25, 0.3) is 0 Å². The van der Waals surface area contributed by atoms with E-state index in [-0.39, 0.29) is 30.9 Å². The quantitative estimate of drug-likeness (QED) is 0.278. The van der Waals surface area contributed by atoms with Crippen LogP contribution in [0, 0.1) is 5.92 Å². The summed E-state index contributed by atoms with van der Waals surface area (Å²) in [5, 5.41) is 23.4. The van der Waals surface area contributed by atoms with Gasteiger partial charge in [-0.05, 0) is 36.5 Å². The summed E-state index contributed by atoms with van der Waals surface area (Å²) in [6, 6.07) is 2.83. The molecule has 10 nitrogen and oxygen atoms in total. The number of benzene rings is 1. The second kappa shape index (κ2) is 11.0. The number of aromatic hydroxyl groups is 1. The van der Waals surface area contributed by atoms with E-state index in [1.54, 1.807) is 26.0 Å². The van der Waals surface area contributed by atoms with Crippen molar-refractivity contribution in [3.63, 3.8) is 0 Å². The van der Waals surface area contributed by atoms with Gasteiger partial charge in [-0.15, -0.1) is 0 Å². The van der Waals surface area contributed by atoms with Gasteiger partial charge in [-0.3, -0.25) is 14.4 Å². The number of carboxylic acid groups (broad SMARTS) is 1. The van der Waals surface area contributed by atoms with E-state index in [1.165, 1.54) is 12.1 Å². The Morgan fingerprint density at radius 2 is 1.62 bits per heavy atom. The maximum Gasteiger partial charge on any atom is 0.326 e. The van der Waals surface area contributed by atoms with Crippen molar-refractivity contribution in [1.29, 1.82) is 0 Å². The number of carbonyl (C=O) groups excluding carboxylic acids is 3. The lowest BCUT2D eigenvalue weighted by molar-refractivity contribution is -0.143. The average molecular weight is 408 g/mol. The van der Waals surface area contributed by atoms with Crippen LogP contribution < -0.4 is 22.1 Å². The van der Waals surface area contributed by atoms with Gasteiger partial charge in [0, 0.05) is 6.42 Å². The van der Waals surface area contributed by atoms with Crippen molar-refractivity contribution >= 4 is 23.7 Å². The molecule has 1 rings (SSSR count). The van der Waals surface area contributed by atoms with Crippen LogP contribution in [0.5, 0.6) is 5.75 Å². The number of amides is 3. The molecule has 1 aromatic carbocycles. The highest BCUT2D eigenvalue weighted by Crippen LogP contribution is 2.11. The first-order valence-corrected chi connectivity index (χ1v) is 9.16. The minimum Gasteiger partial charge on any atom is -0.508 e. The van der Waals surface area contributed by atoms with Crippen LogP contribution in [-0.4, -0.2) is 52.0 Å². The van der Waals surface area contributed by atoms with E-state index in [9.17, 15) is 29.4 Å². The molecule has 10 heteroatoms. The molecule has 0 aromatic heterocycles. The third kappa shape index (κ3) is 8.18. The first-order valence-electron chi connectivity index (χ1n) is 9.16. The van der Waals surface area contributed by atoms with Gasteiger partial charge >= 0.3 is 5.97 Å². The number of rotatable bonds is 11. The maximum atomic E-state index is 12.5. The molecule has 0 radical (unpaired) electrons. The second-order valence-electron chi connectivity index (χ2n) is 7.11. The largest absolute Gasteiger partial charge is 0.508 e. The molecule has 0 saturated heterocycles. The molecule has 0 bridgehead atoms. The van der Waals surface area contributed by atoms with Gasteiger partial charge in [0.2, 0.25) is 17.7 Å². The Morgan fingerprint density at radius 3 is 2.10 bits per heavy atom. The molecule has 0 aliphatic carbocycles. The van der Waals surface area contributed by atoms with Crippen molar-refractivity contribution in [3.8, 4) is 5.75 Å². The summed E-state index contributed by atoms with van der Waals surface area (Å²) in [5.74, 6) is -3.56. The standard InChI is InChI=1S/C19H28N4O6/c1-10(2)16(19(28)29)23-18(27)14(7-8-15(21)25)22-17(26)13(20)9-11-3-5-12(24)6-4-11/h3-6,10,13-14,16,24H,7-9,20H2,1-2H3,(H2,21,25)(H,22,26)(H,23,27)(H,28,29)/t13-,14-,16-/m0/s1. The normalized spacial score (nSPS) is 13.9. The highest BCUT2D eigenvalue weighted by Gasteiger charge is 2.29. The van der Waals surface area contributed by atoms with E-state index in [2.05, 4.69) is 10.6 Å². The zero-order valence-electron chi connectivity index (χ0n) is 16.4. The van der Waals surface area contributed by atoms with E-state index >= 15 is 0 Å². The zero-order chi connectivity index (χ0) is 22.1. The Balaban J connectivity index is 2.83.